The van der Waals surface area contributed by atoms with Crippen LogP contribution < -0.4 is 0 Å². The maximum Gasteiger partial charge on any atom is 0.0425 e. The molecule has 0 saturated carbocycles. The molecule has 0 aliphatic heterocycles. The summed E-state index contributed by atoms with van der Waals surface area (Å²) in [6.45, 7) is 30.1. The van der Waals surface area contributed by atoms with Gasteiger partial charge in [0.15, 0.2) is 0 Å². The SMILES string of the molecule is CC(C)(C)P(=NC1=CC=CC1)(C(C)(C)C)C(C)(C)C.CCC=C(C)C(C)=CCC.[Ti]. The van der Waals surface area contributed by atoms with Gasteiger partial charge in [-0.3, -0.25) is 4.74 Å². The molecule has 0 atom stereocenters. The predicted molar refractivity (Wildman–Crippen MR) is 139 cm³/mol. The summed E-state index contributed by atoms with van der Waals surface area (Å²) in [7, 11) is -1.58. The van der Waals surface area contributed by atoms with Gasteiger partial charge < -0.3 is 0 Å². The third-order valence-corrected chi connectivity index (χ3v) is 12.0. The van der Waals surface area contributed by atoms with Crippen molar-refractivity contribution >= 4 is 7.05 Å². The van der Waals surface area contributed by atoms with Crippen molar-refractivity contribution in [3.8, 4) is 0 Å². The topological polar surface area (TPSA) is 12.4 Å². The van der Waals surface area contributed by atoms with E-state index in [4.69, 9.17) is 4.74 Å². The molecule has 1 rings (SSSR count). The van der Waals surface area contributed by atoms with Crippen LogP contribution in [0.4, 0.5) is 0 Å². The molecule has 0 aromatic carbocycles. The average Bonchev–Trinajstić information content (AvgIpc) is 3.03. The van der Waals surface area contributed by atoms with Gasteiger partial charge in [0, 0.05) is 33.8 Å². The molecule has 0 fully saturated rings. The zero-order valence-electron chi connectivity index (χ0n) is 22.4. The number of rotatable bonds is 4. The Bertz CT molecular complexity index is 638. The van der Waals surface area contributed by atoms with Gasteiger partial charge in [0.1, 0.15) is 0 Å². The second-order valence-corrected chi connectivity index (χ2v) is 16.6. The number of nitrogens with zero attached hydrogens (tertiary/aromatic N) is 1. The van der Waals surface area contributed by atoms with Crippen LogP contribution in [0.1, 0.15) is 109 Å². The minimum atomic E-state index is -1.58. The summed E-state index contributed by atoms with van der Waals surface area (Å²) in [5.41, 5.74) is 4.11. The summed E-state index contributed by atoms with van der Waals surface area (Å²) in [4.78, 5) is 0. The van der Waals surface area contributed by atoms with E-state index in [0.717, 1.165) is 19.3 Å². The van der Waals surface area contributed by atoms with E-state index in [-0.39, 0.29) is 37.2 Å². The van der Waals surface area contributed by atoms with Crippen LogP contribution in [0.2, 0.25) is 0 Å². The molecule has 0 heterocycles. The van der Waals surface area contributed by atoms with Crippen LogP contribution in [0.15, 0.2) is 52.0 Å². The van der Waals surface area contributed by atoms with E-state index in [1.165, 1.54) is 16.8 Å². The van der Waals surface area contributed by atoms with Crippen LogP contribution in [0.3, 0.4) is 0 Å². The van der Waals surface area contributed by atoms with Gasteiger partial charge in [0.25, 0.3) is 0 Å². The molecule has 3 heteroatoms. The molecule has 0 bridgehead atoms. The first-order chi connectivity index (χ1) is 13.0. The van der Waals surface area contributed by atoms with E-state index in [2.05, 4.69) is 120 Å². The van der Waals surface area contributed by atoms with Crippen molar-refractivity contribution in [2.24, 2.45) is 4.74 Å². The molecule has 172 valence electrons. The molecule has 1 nitrogen and oxygen atoms in total. The van der Waals surface area contributed by atoms with E-state index in [0.29, 0.717) is 0 Å². The van der Waals surface area contributed by atoms with Crippen molar-refractivity contribution in [3.05, 3.63) is 47.2 Å². The van der Waals surface area contributed by atoms with E-state index in [9.17, 15) is 0 Å². The van der Waals surface area contributed by atoms with Gasteiger partial charge in [-0.1, -0.05) is 112 Å². The Labute approximate surface area is 204 Å². The molecule has 0 N–H and O–H groups in total. The van der Waals surface area contributed by atoms with Crippen LogP contribution in [-0.2, 0) is 21.7 Å². The minimum absolute atomic E-state index is 0. The Kier molecular flexibility index (Phi) is 13.7. The largest absolute Gasteiger partial charge is 0.270 e. The third-order valence-electron chi connectivity index (χ3n) is 5.59. The standard InChI is InChI=1S/C17H32NP.C10H18.Ti/c1-15(2,3)19(16(4,5)6,17(7,8)9)18-14-12-10-11-13-14;1-5-7-9(3)10(4)8-6-2;/h10-12H,13H2,1-9H3;7-8H,5-6H2,1-4H3;. The molecule has 0 saturated heterocycles. The smallest absolute Gasteiger partial charge is 0.0425 e. The maximum atomic E-state index is 5.43. The van der Waals surface area contributed by atoms with E-state index >= 15 is 0 Å². The normalized spacial score (nSPS) is 15.8. The molecule has 1 aliphatic rings. The fourth-order valence-corrected chi connectivity index (χ4v) is 12.6. The second-order valence-electron chi connectivity index (χ2n) is 11.1. The van der Waals surface area contributed by atoms with Gasteiger partial charge >= 0.3 is 0 Å². The average molecular weight is 468 g/mol. The number of hydrogen-bond acceptors (Lipinski definition) is 1. The number of allylic oxidation sites excluding steroid dienone is 7. The minimum Gasteiger partial charge on any atom is -0.270 e. The molecule has 0 radical (unpaired) electrons. The zero-order chi connectivity index (χ0) is 23.1. The van der Waals surface area contributed by atoms with Crippen LogP contribution in [0.25, 0.3) is 0 Å². The molecule has 0 unspecified atom stereocenters. The summed E-state index contributed by atoms with van der Waals surface area (Å²) in [6.07, 6.45) is 14.4. The first-order valence-electron chi connectivity index (χ1n) is 11.4. The van der Waals surface area contributed by atoms with Crippen molar-refractivity contribution in [2.75, 3.05) is 0 Å². The summed E-state index contributed by atoms with van der Waals surface area (Å²) >= 11 is 0. The molecule has 0 amide bonds. The molecular formula is C27H50NPTi. The predicted octanol–water partition coefficient (Wildman–Crippen LogP) is 10.1. The van der Waals surface area contributed by atoms with Gasteiger partial charge in [-0.2, -0.15) is 0 Å². The van der Waals surface area contributed by atoms with E-state index in [1.807, 2.05) is 0 Å². The van der Waals surface area contributed by atoms with Gasteiger partial charge in [-0.25, -0.2) is 0 Å². The Morgan fingerprint density at radius 1 is 0.833 bits per heavy atom. The molecule has 0 aromatic heterocycles. The quantitative estimate of drug-likeness (QED) is 0.222. The van der Waals surface area contributed by atoms with Gasteiger partial charge in [-0.15, -0.1) is 0 Å². The fraction of sp³-hybridized carbons (Fsp3) is 0.704. The molecule has 30 heavy (non-hydrogen) atoms. The molecular weight excluding hydrogens is 417 g/mol. The van der Waals surface area contributed by atoms with Gasteiger partial charge in [0.2, 0.25) is 0 Å². The van der Waals surface area contributed by atoms with Gasteiger partial charge in [-0.05, 0) is 55.3 Å². The Hall–Kier alpha value is -0.0957. The van der Waals surface area contributed by atoms with Crippen molar-refractivity contribution in [3.63, 3.8) is 0 Å². The van der Waals surface area contributed by atoms with E-state index < -0.39 is 7.05 Å². The zero-order valence-corrected chi connectivity index (χ0v) is 24.9. The second kappa shape index (κ2) is 12.8. The van der Waals surface area contributed by atoms with Crippen molar-refractivity contribution in [2.45, 2.75) is 125 Å². The fourth-order valence-electron chi connectivity index (χ4n) is 5.11. The first kappa shape index (κ1) is 32.1. The van der Waals surface area contributed by atoms with Crippen molar-refractivity contribution < 1.29 is 21.7 Å². The van der Waals surface area contributed by atoms with Crippen molar-refractivity contribution in [1.29, 1.82) is 0 Å². The van der Waals surface area contributed by atoms with Gasteiger partial charge in [0.05, 0.1) is 0 Å². The number of hydrogen-bond donors (Lipinski definition) is 0. The summed E-state index contributed by atoms with van der Waals surface area (Å²) < 4.78 is 5.43. The summed E-state index contributed by atoms with van der Waals surface area (Å²) in [5.74, 6) is 0. The van der Waals surface area contributed by atoms with Crippen LogP contribution in [0.5, 0.6) is 0 Å². The van der Waals surface area contributed by atoms with Crippen LogP contribution in [0, 0.1) is 0 Å². The summed E-state index contributed by atoms with van der Waals surface area (Å²) in [5, 5.41) is 0.646. The Morgan fingerprint density at radius 2 is 1.20 bits per heavy atom. The molecule has 0 spiro atoms. The van der Waals surface area contributed by atoms with E-state index in [1.54, 1.807) is 0 Å². The Morgan fingerprint density at radius 3 is 1.43 bits per heavy atom. The van der Waals surface area contributed by atoms with Crippen molar-refractivity contribution in [1.82, 2.24) is 0 Å². The molecule has 1 aliphatic carbocycles. The third kappa shape index (κ3) is 8.45. The monoisotopic (exact) mass is 467 g/mol. The summed E-state index contributed by atoms with van der Waals surface area (Å²) in [6, 6.07) is 0. The first-order valence-corrected chi connectivity index (χ1v) is 13.1. The van der Waals surface area contributed by atoms with Crippen LogP contribution >= 0.6 is 7.05 Å². The molecule has 0 aromatic rings. The maximum absolute atomic E-state index is 5.43. The van der Waals surface area contributed by atoms with Crippen LogP contribution in [-0.4, -0.2) is 15.5 Å². The Balaban J connectivity index is 0.